The fourth-order valence-electron chi connectivity index (χ4n) is 1.54. The molecule has 0 aromatic carbocycles. The Morgan fingerprint density at radius 1 is 0.818 bits per heavy atom. The zero-order valence-electron chi connectivity index (χ0n) is 7.78. The van der Waals surface area contributed by atoms with E-state index in [2.05, 4.69) is 31.8 Å². The molecule has 0 saturated heterocycles. The van der Waals surface area contributed by atoms with Crippen molar-refractivity contribution in [2.75, 3.05) is 0 Å². The molecule has 11 heavy (non-hydrogen) atoms. The van der Waals surface area contributed by atoms with Crippen LogP contribution in [0.3, 0.4) is 0 Å². The lowest BCUT2D eigenvalue weighted by atomic mass is 10.5. The molecule has 0 aromatic rings. The van der Waals surface area contributed by atoms with Crippen molar-refractivity contribution >= 4 is 28.6 Å². The Kier molecular flexibility index (Phi) is 3.55. The molecule has 61 valence electrons. The average Bonchev–Trinajstić information content (AvgIpc) is 2.46. The minimum absolute atomic E-state index is 0.117. The third kappa shape index (κ3) is 2.04. The van der Waals surface area contributed by atoms with E-state index in [1.165, 1.54) is 0 Å². The quantitative estimate of drug-likeness (QED) is 0.557. The number of hydrogen-bond acceptors (Lipinski definition) is 0. The molecule has 0 N–H and O–H groups in total. The monoisotopic (exact) mass is 197 g/mol. The van der Waals surface area contributed by atoms with E-state index in [1.54, 1.807) is 15.9 Å². The van der Waals surface area contributed by atoms with Crippen LogP contribution in [0.15, 0.2) is 22.5 Å². The molecule has 0 aliphatic heterocycles. The Morgan fingerprint density at radius 3 is 1.55 bits per heavy atom. The second-order valence-electron chi connectivity index (χ2n) is 2.97. The predicted octanol–water partition coefficient (Wildman–Crippen LogP) is -0.0495. The molecule has 0 fully saturated rings. The average molecular weight is 197 g/mol. The van der Waals surface area contributed by atoms with E-state index < -0.39 is 0 Å². The van der Waals surface area contributed by atoms with Crippen molar-refractivity contribution < 1.29 is 0 Å². The van der Waals surface area contributed by atoms with E-state index in [1.807, 2.05) is 0 Å². The first-order valence-corrected chi connectivity index (χ1v) is 11.0. The predicted molar refractivity (Wildman–Crippen MR) is 62.6 cm³/mol. The maximum Gasteiger partial charge on any atom is 0.0511 e. The zero-order chi connectivity index (χ0) is 8.27. The van der Waals surface area contributed by atoms with Gasteiger partial charge in [-0.2, -0.15) is 0 Å². The highest BCUT2D eigenvalue weighted by atomic mass is 28.2. The van der Waals surface area contributed by atoms with Crippen molar-refractivity contribution in [3.8, 4) is 0 Å². The molecule has 0 unspecified atom stereocenters. The van der Waals surface area contributed by atoms with Gasteiger partial charge in [-0.3, -0.25) is 0 Å². The summed E-state index contributed by atoms with van der Waals surface area (Å²) in [5.41, 5.74) is 1.71. The molecule has 0 heterocycles. The van der Waals surface area contributed by atoms with Crippen LogP contribution in [0.5, 0.6) is 0 Å². The zero-order valence-corrected chi connectivity index (χ0v) is 12.0. The molecule has 1 aliphatic carbocycles. The normalized spacial score (nSPS) is 21.7. The lowest BCUT2D eigenvalue weighted by molar-refractivity contribution is 1.69. The fourth-order valence-corrected chi connectivity index (χ4v) is 6.56. The summed E-state index contributed by atoms with van der Waals surface area (Å²) < 4.78 is 0. The van der Waals surface area contributed by atoms with Gasteiger partial charge >= 0.3 is 0 Å². The van der Waals surface area contributed by atoms with Crippen molar-refractivity contribution in [3.05, 3.63) is 28.1 Å². The highest BCUT2D eigenvalue weighted by Crippen LogP contribution is 2.22. The summed E-state index contributed by atoms with van der Waals surface area (Å²) in [6, 6.07) is 0. The number of hydrogen-bond donors (Lipinski definition) is 0. The summed E-state index contributed by atoms with van der Waals surface area (Å²) in [7, 11) is 0.356. The third-order valence-corrected chi connectivity index (χ3v) is 6.87. The van der Waals surface area contributed by atoms with Crippen molar-refractivity contribution in [1.82, 2.24) is 0 Å². The maximum atomic E-state index is 2.50. The van der Waals surface area contributed by atoms with Crippen LogP contribution in [0.1, 0.15) is 0 Å². The van der Waals surface area contributed by atoms with Crippen molar-refractivity contribution in [2.45, 2.75) is 19.6 Å². The number of rotatable bonds is 3. The molecule has 0 spiro atoms. The van der Waals surface area contributed by atoms with E-state index >= 15 is 0 Å². The molecule has 0 saturated carbocycles. The Labute approximate surface area is 76.6 Å². The smallest absolute Gasteiger partial charge is 0.0511 e. The Hall–Kier alpha value is 0.131. The van der Waals surface area contributed by atoms with Gasteiger partial charge in [0.25, 0.3) is 0 Å². The summed E-state index contributed by atoms with van der Waals surface area (Å²) in [5.74, 6) is 0. The molecule has 0 bridgehead atoms. The van der Waals surface area contributed by atoms with Crippen LogP contribution in [0.4, 0.5) is 0 Å². The first-order chi connectivity index (χ1) is 5.31. The maximum absolute atomic E-state index is 2.50. The first-order valence-electron chi connectivity index (χ1n) is 4.59. The molecule has 0 nitrogen and oxygen atoms in total. The van der Waals surface area contributed by atoms with Crippen LogP contribution >= 0.6 is 0 Å². The van der Waals surface area contributed by atoms with Crippen LogP contribution < -0.4 is 0 Å². The highest BCUT2D eigenvalue weighted by Gasteiger charge is 2.13. The van der Waals surface area contributed by atoms with Gasteiger partial charge in [0, 0.05) is 15.1 Å². The molecule has 0 atom stereocenters. The van der Waals surface area contributed by atoms with Crippen LogP contribution in [-0.2, 0) is 0 Å². The van der Waals surface area contributed by atoms with E-state index in [-0.39, 0.29) is 28.6 Å². The van der Waals surface area contributed by atoms with Gasteiger partial charge in [-0.05, 0) is 0 Å². The summed E-state index contributed by atoms with van der Waals surface area (Å²) in [5, 5.41) is 3.56. The molecule has 0 amide bonds. The molecule has 1 aliphatic rings. The van der Waals surface area contributed by atoms with Crippen molar-refractivity contribution in [2.24, 2.45) is 0 Å². The topological polar surface area (TPSA) is 0 Å². The van der Waals surface area contributed by atoms with Gasteiger partial charge in [-0.15, -0.1) is 0 Å². The Balaban J connectivity index is 2.71. The van der Waals surface area contributed by atoms with Crippen LogP contribution in [0, 0.1) is 5.54 Å². The lowest BCUT2D eigenvalue weighted by Gasteiger charge is -1.99. The SMILES string of the molecule is C[SiH2][C]1C=C([SiH2]C)C([SiH2]C)=C1. The molecular formula is C8H17Si3. The summed E-state index contributed by atoms with van der Waals surface area (Å²) >= 11 is 0. The van der Waals surface area contributed by atoms with Crippen molar-refractivity contribution in [1.29, 1.82) is 0 Å². The van der Waals surface area contributed by atoms with E-state index in [0.29, 0.717) is 0 Å². The van der Waals surface area contributed by atoms with Crippen LogP contribution in [0.2, 0.25) is 19.6 Å². The first kappa shape index (κ1) is 9.22. The molecule has 3 heteroatoms. The van der Waals surface area contributed by atoms with Gasteiger partial charge in [0.15, 0.2) is 0 Å². The minimum Gasteiger partial charge on any atom is -0.0787 e. The molecule has 1 radical (unpaired) electrons. The standard InChI is InChI=1S/C8H17Si3/c1-9-6-4-7(10-2)8(5-6)11-3/h4-5H,9-11H2,1-3H3. The van der Waals surface area contributed by atoms with Gasteiger partial charge in [-0.25, -0.2) is 0 Å². The van der Waals surface area contributed by atoms with Gasteiger partial charge in [0.1, 0.15) is 0 Å². The van der Waals surface area contributed by atoms with Gasteiger partial charge < -0.3 is 0 Å². The molecule has 1 rings (SSSR count). The fraction of sp³-hybridized carbons (Fsp3) is 0.375. The van der Waals surface area contributed by atoms with Crippen LogP contribution in [0.25, 0.3) is 0 Å². The number of allylic oxidation sites excluding steroid dienone is 4. The molecule has 0 aromatic heterocycles. The third-order valence-electron chi connectivity index (χ3n) is 2.30. The van der Waals surface area contributed by atoms with Gasteiger partial charge in [0.05, 0.1) is 19.0 Å². The minimum atomic E-state index is 0.117. The largest absolute Gasteiger partial charge is 0.0787 e. The second kappa shape index (κ2) is 4.23. The van der Waals surface area contributed by atoms with Crippen LogP contribution in [-0.4, -0.2) is 28.6 Å². The van der Waals surface area contributed by atoms with Gasteiger partial charge in [0.2, 0.25) is 0 Å². The molecular weight excluding hydrogens is 180 g/mol. The van der Waals surface area contributed by atoms with E-state index in [9.17, 15) is 0 Å². The van der Waals surface area contributed by atoms with Crippen molar-refractivity contribution in [3.63, 3.8) is 0 Å². The second-order valence-corrected chi connectivity index (χ2v) is 7.44. The van der Waals surface area contributed by atoms with E-state index in [0.717, 1.165) is 0 Å². The Bertz CT molecular complexity index is 174. The highest BCUT2D eigenvalue weighted by molar-refractivity contribution is 6.58. The van der Waals surface area contributed by atoms with Gasteiger partial charge in [-0.1, -0.05) is 42.2 Å². The summed E-state index contributed by atoms with van der Waals surface area (Å²) in [6.45, 7) is 7.20. The summed E-state index contributed by atoms with van der Waals surface area (Å²) in [6.07, 6.45) is 5.01. The summed E-state index contributed by atoms with van der Waals surface area (Å²) in [4.78, 5) is 0. The van der Waals surface area contributed by atoms with E-state index in [4.69, 9.17) is 0 Å². The Morgan fingerprint density at radius 2 is 1.27 bits per heavy atom. The lowest BCUT2D eigenvalue weighted by Crippen LogP contribution is -1.97.